The molecule has 0 aliphatic rings. The van der Waals surface area contributed by atoms with Gasteiger partial charge < -0.3 is 15.8 Å². The lowest BCUT2D eigenvalue weighted by Gasteiger charge is -2.16. The minimum Gasteiger partial charge on any atom is -0.494 e. The highest BCUT2D eigenvalue weighted by molar-refractivity contribution is 6.30. The number of carbonyl (C=O) groups excluding carboxylic acids is 1. The zero-order valence-electron chi connectivity index (χ0n) is 11.9. The van der Waals surface area contributed by atoms with E-state index in [1.165, 1.54) is 7.11 Å². The summed E-state index contributed by atoms with van der Waals surface area (Å²) in [6, 6.07) is 12.3. The van der Waals surface area contributed by atoms with E-state index in [1.54, 1.807) is 24.3 Å². The first kappa shape index (κ1) is 15.2. The molecule has 0 aliphatic carbocycles. The molecule has 0 saturated heterocycles. The topological polar surface area (TPSA) is 64.3 Å². The Balaban J connectivity index is 2.20. The average molecular weight is 305 g/mol. The number of methoxy groups -OCH3 is 1. The summed E-state index contributed by atoms with van der Waals surface area (Å²) in [5, 5.41) is 3.54. The van der Waals surface area contributed by atoms with Crippen LogP contribution in [0.4, 0.5) is 5.69 Å². The van der Waals surface area contributed by atoms with Crippen molar-refractivity contribution < 1.29 is 9.53 Å². The van der Waals surface area contributed by atoms with Crippen molar-refractivity contribution in [3.05, 3.63) is 58.6 Å². The zero-order valence-corrected chi connectivity index (χ0v) is 12.6. The Kier molecular flexibility index (Phi) is 4.70. The van der Waals surface area contributed by atoms with Gasteiger partial charge in [-0.15, -0.1) is 0 Å². The molecule has 0 saturated carbocycles. The lowest BCUT2D eigenvalue weighted by Crippen LogP contribution is -2.27. The molecule has 0 aliphatic heterocycles. The molecule has 1 atom stereocenters. The SMILES string of the molecule is COc1c(N)cccc1C(=O)NC(C)c1cccc(Cl)c1. The summed E-state index contributed by atoms with van der Waals surface area (Å²) in [6.45, 7) is 1.89. The summed E-state index contributed by atoms with van der Waals surface area (Å²) >= 11 is 5.96. The zero-order chi connectivity index (χ0) is 15.4. The van der Waals surface area contributed by atoms with E-state index < -0.39 is 0 Å². The van der Waals surface area contributed by atoms with Crippen LogP contribution in [0.2, 0.25) is 5.02 Å². The normalized spacial score (nSPS) is 11.8. The van der Waals surface area contributed by atoms with Gasteiger partial charge in [0, 0.05) is 5.02 Å². The molecular formula is C16H17ClN2O2. The van der Waals surface area contributed by atoms with Gasteiger partial charge in [0.05, 0.1) is 24.4 Å². The third kappa shape index (κ3) is 3.47. The third-order valence-corrected chi connectivity index (χ3v) is 3.43. The Morgan fingerprint density at radius 3 is 2.67 bits per heavy atom. The van der Waals surface area contributed by atoms with Gasteiger partial charge in [0.15, 0.2) is 5.75 Å². The van der Waals surface area contributed by atoms with Crippen LogP contribution in [-0.2, 0) is 0 Å². The highest BCUT2D eigenvalue weighted by Gasteiger charge is 2.17. The number of anilines is 1. The molecule has 0 radical (unpaired) electrons. The van der Waals surface area contributed by atoms with Gasteiger partial charge in [-0.05, 0) is 36.8 Å². The summed E-state index contributed by atoms with van der Waals surface area (Å²) in [5.74, 6) is 0.139. The molecule has 5 heteroatoms. The predicted molar refractivity (Wildman–Crippen MR) is 84.7 cm³/mol. The summed E-state index contributed by atoms with van der Waals surface area (Å²) in [7, 11) is 1.49. The molecular weight excluding hydrogens is 288 g/mol. The third-order valence-electron chi connectivity index (χ3n) is 3.19. The van der Waals surface area contributed by atoms with E-state index in [2.05, 4.69) is 5.32 Å². The van der Waals surface area contributed by atoms with Crippen molar-refractivity contribution in [2.75, 3.05) is 12.8 Å². The minimum atomic E-state index is -0.244. The molecule has 1 unspecified atom stereocenters. The van der Waals surface area contributed by atoms with Crippen LogP contribution in [0.25, 0.3) is 0 Å². The Morgan fingerprint density at radius 1 is 1.29 bits per heavy atom. The van der Waals surface area contributed by atoms with Crippen molar-refractivity contribution in [2.24, 2.45) is 0 Å². The highest BCUT2D eigenvalue weighted by Crippen LogP contribution is 2.26. The number of rotatable bonds is 4. The maximum absolute atomic E-state index is 12.4. The van der Waals surface area contributed by atoms with E-state index in [4.69, 9.17) is 22.1 Å². The Labute approximate surface area is 128 Å². The number of amides is 1. The van der Waals surface area contributed by atoms with Gasteiger partial charge >= 0.3 is 0 Å². The second kappa shape index (κ2) is 6.50. The number of ether oxygens (including phenoxy) is 1. The van der Waals surface area contributed by atoms with Crippen molar-refractivity contribution >= 4 is 23.2 Å². The summed E-state index contributed by atoms with van der Waals surface area (Å²) in [6.07, 6.45) is 0. The van der Waals surface area contributed by atoms with E-state index >= 15 is 0 Å². The largest absolute Gasteiger partial charge is 0.494 e. The standard InChI is InChI=1S/C16H17ClN2O2/c1-10(11-5-3-6-12(17)9-11)19-16(20)13-7-4-8-14(18)15(13)21-2/h3-10H,18H2,1-2H3,(H,19,20). The van der Waals surface area contributed by atoms with Gasteiger partial charge in [-0.2, -0.15) is 0 Å². The van der Waals surface area contributed by atoms with E-state index in [0.29, 0.717) is 22.0 Å². The van der Waals surface area contributed by atoms with Gasteiger partial charge in [0.25, 0.3) is 5.91 Å². The fraction of sp³-hybridized carbons (Fsp3) is 0.188. The van der Waals surface area contributed by atoms with Gasteiger partial charge in [0.1, 0.15) is 0 Å². The first-order valence-corrected chi connectivity index (χ1v) is 6.89. The fourth-order valence-corrected chi connectivity index (χ4v) is 2.29. The quantitative estimate of drug-likeness (QED) is 0.851. The van der Waals surface area contributed by atoms with Gasteiger partial charge in [-0.3, -0.25) is 4.79 Å². The maximum Gasteiger partial charge on any atom is 0.255 e. The molecule has 1 amide bonds. The highest BCUT2D eigenvalue weighted by atomic mass is 35.5. The molecule has 2 aromatic carbocycles. The van der Waals surface area contributed by atoms with Gasteiger partial charge in [-0.25, -0.2) is 0 Å². The molecule has 0 aromatic heterocycles. The number of hydrogen-bond donors (Lipinski definition) is 2. The van der Waals surface area contributed by atoms with E-state index in [9.17, 15) is 4.79 Å². The van der Waals surface area contributed by atoms with Crippen LogP contribution in [-0.4, -0.2) is 13.0 Å². The van der Waals surface area contributed by atoms with Gasteiger partial charge in [0.2, 0.25) is 0 Å². The minimum absolute atomic E-state index is 0.178. The van der Waals surface area contributed by atoms with Crippen LogP contribution in [0.3, 0.4) is 0 Å². The predicted octanol–water partition coefficient (Wildman–Crippen LogP) is 3.42. The summed E-state index contributed by atoms with van der Waals surface area (Å²) in [4.78, 5) is 12.4. The molecule has 0 bridgehead atoms. The average Bonchev–Trinajstić information content (AvgIpc) is 2.46. The number of benzene rings is 2. The Hall–Kier alpha value is -2.20. The fourth-order valence-electron chi connectivity index (χ4n) is 2.10. The first-order valence-electron chi connectivity index (χ1n) is 6.51. The summed E-state index contributed by atoms with van der Waals surface area (Å²) < 4.78 is 5.20. The van der Waals surface area contributed by atoms with Crippen LogP contribution < -0.4 is 15.8 Å². The molecule has 110 valence electrons. The second-order valence-corrected chi connectivity index (χ2v) is 5.11. The second-order valence-electron chi connectivity index (χ2n) is 4.68. The lowest BCUT2D eigenvalue weighted by atomic mass is 10.1. The van der Waals surface area contributed by atoms with Crippen molar-refractivity contribution in [1.29, 1.82) is 0 Å². The monoisotopic (exact) mass is 304 g/mol. The molecule has 2 rings (SSSR count). The van der Waals surface area contributed by atoms with E-state index in [0.717, 1.165) is 5.56 Å². The maximum atomic E-state index is 12.4. The number of halogens is 1. The van der Waals surface area contributed by atoms with Crippen molar-refractivity contribution in [3.63, 3.8) is 0 Å². The number of nitrogens with one attached hydrogen (secondary N) is 1. The molecule has 0 heterocycles. The van der Waals surface area contributed by atoms with Crippen LogP contribution in [0.15, 0.2) is 42.5 Å². The van der Waals surface area contributed by atoms with Crippen molar-refractivity contribution in [2.45, 2.75) is 13.0 Å². The molecule has 4 nitrogen and oxygen atoms in total. The number of nitrogens with two attached hydrogens (primary N) is 1. The van der Waals surface area contributed by atoms with Gasteiger partial charge in [-0.1, -0.05) is 29.8 Å². The van der Waals surface area contributed by atoms with Crippen molar-refractivity contribution in [1.82, 2.24) is 5.32 Å². The molecule has 3 N–H and O–H groups in total. The van der Waals surface area contributed by atoms with Crippen LogP contribution in [0, 0.1) is 0 Å². The summed E-state index contributed by atoms with van der Waals surface area (Å²) in [5.41, 5.74) is 7.58. The van der Waals surface area contributed by atoms with Crippen LogP contribution >= 0.6 is 11.6 Å². The molecule has 0 fully saturated rings. The molecule has 0 spiro atoms. The van der Waals surface area contributed by atoms with Crippen LogP contribution in [0.5, 0.6) is 5.75 Å². The smallest absolute Gasteiger partial charge is 0.255 e. The van der Waals surface area contributed by atoms with Crippen molar-refractivity contribution in [3.8, 4) is 5.75 Å². The first-order chi connectivity index (χ1) is 10.0. The van der Waals surface area contributed by atoms with Crippen LogP contribution in [0.1, 0.15) is 28.9 Å². The Morgan fingerprint density at radius 2 is 2.00 bits per heavy atom. The van der Waals surface area contributed by atoms with E-state index in [-0.39, 0.29) is 11.9 Å². The number of hydrogen-bond acceptors (Lipinski definition) is 3. The number of para-hydroxylation sites is 1. The van der Waals surface area contributed by atoms with E-state index in [1.807, 2.05) is 25.1 Å². The lowest BCUT2D eigenvalue weighted by molar-refractivity contribution is 0.0937. The number of carbonyl (C=O) groups is 1. The molecule has 21 heavy (non-hydrogen) atoms. The molecule has 2 aromatic rings. The number of nitrogen functional groups attached to an aromatic ring is 1. The Bertz CT molecular complexity index is 658.